The summed E-state index contributed by atoms with van der Waals surface area (Å²) in [4.78, 5) is 10.7. The highest BCUT2D eigenvalue weighted by Gasteiger charge is 2.01. The Morgan fingerprint density at radius 1 is 1.47 bits per heavy atom. The third-order valence-corrected chi connectivity index (χ3v) is 2.33. The second-order valence-electron chi connectivity index (χ2n) is 3.59. The van der Waals surface area contributed by atoms with Crippen LogP contribution in [0.25, 0.3) is 0 Å². The Morgan fingerprint density at radius 3 is 2.87 bits per heavy atom. The third kappa shape index (κ3) is 4.34. The average molecular weight is 227 g/mol. The molecule has 0 unspecified atom stereocenters. The maximum Gasteiger partial charge on any atom is 0.138 e. The van der Waals surface area contributed by atoms with Crippen molar-refractivity contribution in [3.63, 3.8) is 0 Å². The number of Topliss-reactive ketones (excluding diaryl/α,β-unsaturated/α-hetero) is 1. The van der Waals surface area contributed by atoms with E-state index < -0.39 is 0 Å². The van der Waals surface area contributed by atoms with Crippen molar-refractivity contribution in [2.45, 2.75) is 26.7 Å². The van der Waals surface area contributed by atoms with Crippen LogP contribution in [-0.4, -0.2) is 12.4 Å². The molecule has 2 nitrogen and oxygen atoms in total. The lowest BCUT2D eigenvalue weighted by Gasteiger charge is -2.07. The molecule has 0 atom stereocenters. The van der Waals surface area contributed by atoms with E-state index in [0.717, 1.165) is 12.0 Å². The second kappa shape index (κ2) is 5.76. The van der Waals surface area contributed by atoms with Gasteiger partial charge in [0.05, 0.1) is 11.6 Å². The molecule has 82 valence electrons. The van der Waals surface area contributed by atoms with Gasteiger partial charge in [0.15, 0.2) is 0 Å². The molecule has 0 bridgehead atoms. The first-order valence-corrected chi connectivity index (χ1v) is 5.36. The molecule has 0 aromatic heterocycles. The van der Waals surface area contributed by atoms with E-state index in [1.54, 1.807) is 6.92 Å². The number of rotatable bonds is 5. The molecule has 3 heteroatoms. The van der Waals surface area contributed by atoms with Crippen molar-refractivity contribution in [3.05, 3.63) is 28.8 Å². The van der Waals surface area contributed by atoms with Gasteiger partial charge in [-0.05, 0) is 38.0 Å². The quantitative estimate of drug-likeness (QED) is 0.720. The van der Waals surface area contributed by atoms with E-state index in [-0.39, 0.29) is 5.78 Å². The highest BCUT2D eigenvalue weighted by molar-refractivity contribution is 6.32. The lowest BCUT2D eigenvalue weighted by molar-refractivity contribution is -0.117. The average Bonchev–Trinajstić information content (AvgIpc) is 2.17. The highest BCUT2D eigenvalue weighted by atomic mass is 35.5. The van der Waals surface area contributed by atoms with Crippen LogP contribution < -0.4 is 4.74 Å². The van der Waals surface area contributed by atoms with Gasteiger partial charge in [-0.15, -0.1) is 0 Å². The second-order valence-corrected chi connectivity index (χ2v) is 4.00. The number of aryl methyl sites for hydroxylation is 1. The maximum atomic E-state index is 10.7. The molecule has 0 aliphatic rings. The first-order valence-electron chi connectivity index (χ1n) is 4.98. The Kier molecular flexibility index (Phi) is 4.63. The fourth-order valence-corrected chi connectivity index (χ4v) is 1.40. The van der Waals surface area contributed by atoms with Crippen molar-refractivity contribution in [1.29, 1.82) is 0 Å². The Balaban J connectivity index is 2.43. The Hall–Kier alpha value is -1.02. The molecule has 1 rings (SSSR count). The number of ketones is 1. The lowest BCUT2D eigenvalue weighted by Crippen LogP contribution is -2.00. The summed E-state index contributed by atoms with van der Waals surface area (Å²) in [6, 6.07) is 5.65. The van der Waals surface area contributed by atoms with E-state index in [0.29, 0.717) is 23.8 Å². The molecule has 0 saturated carbocycles. The van der Waals surface area contributed by atoms with Crippen molar-refractivity contribution in [2.24, 2.45) is 0 Å². The molecule has 0 aliphatic carbocycles. The van der Waals surface area contributed by atoms with Crippen molar-refractivity contribution in [3.8, 4) is 5.75 Å². The molecule has 0 amide bonds. The zero-order valence-electron chi connectivity index (χ0n) is 9.05. The van der Waals surface area contributed by atoms with Crippen molar-refractivity contribution >= 4 is 17.4 Å². The van der Waals surface area contributed by atoms with Crippen LogP contribution in [0.4, 0.5) is 0 Å². The van der Waals surface area contributed by atoms with Crippen LogP contribution in [0.5, 0.6) is 5.75 Å². The Morgan fingerprint density at radius 2 is 2.20 bits per heavy atom. The summed E-state index contributed by atoms with van der Waals surface area (Å²) in [5.41, 5.74) is 1.11. The smallest absolute Gasteiger partial charge is 0.138 e. The number of halogens is 1. The zero-order chi connectivity index (χ0) is 11.3. The highest BCUT2D eigenvalue weighted by Crippen LogP contribution is 2.25. The van der Waals surface area contributed by atoms with E-state index >= 15 is 0 Å². The van der Waals surface area contributed by atoms with Gasteiger partial charge in [0.1, 0.15) is 11.5 Å². The number of ether oxygens (including phenoxy) is 1. The minimum absolute atomic E-state index is 0.189. The summed E-state index contributed by atoms with van der Waals surface area (Å²) in [7, 11) is 0. The minimum Gasteiger partial charge on any atom is -0.492 e. The van der Waals surface area contributed by atoms with E-state index in [1.807, 2.05) is 25.1 Å². The van der Waals surface area contributed by atoms with Crippen LogP contribution in [-0.2, 0) is 4.79 Å². The normalized spacial score (nSPS) is 10.1. The van der Waals surface area contributed by atoms with Gasteiger partial charge in [-0.1, -0.05) is 17.7 Å². The van der Waals surface area contributed by atoms with Gasteiger partial charge in [0, 0.05) is 6.42 Å². The van der Waals surface area contributed by atoms with Gasteiger partial charge in [-0.3, -0.25) is 0 Å². The van der Waals surface area contributed by atoms with E-state index in [1.165, 1.54) is 0 Å². The van der Waals surface area contributed by atoms with E-state index in [9.17, 15) is 4.79 Å². The first kappa shape index (κ1) is 12.1. The third-order valence-electron chi connectivity index (χ3n) is 2.02. The molecule has 0 N–H and O–H groups in total. The van der Waals surface area contributed by atoms with Gasteiger partial charge in [0.2, 0.25) is 0 Å². The molecule has 1 aromatic rings. The van der Waals surface area contributed by atoms with Crippen LogP contribution in [0.15, 0.2) is 18.2 Å². The fourth-order valence-electron chi connectivity index (χ4n) is 1.22. The van der Waals surface area contributed by atoms with Gasteiger partial charge in [-0.2, -0.15) is 0 Å². The lowest BCUT2D eigenvalue weighted by atomic mass is 10.2. The van der Waals surface area contributed by atoms with Gasteiger partial charge >= 0.3 is 0 Å². The van der Waals surface area contributed by atoms with Crippen LogP contribution in [0.1, 0.15) is 25.3 Å². The van der Waals surface area contributed by atoms with Crippen molar-refractivity contribution in [1.82, 2.24) is 0 Å². The minimum atomic E-state index is 0.189. The number of benzene rings is 1. The molecule has 0 saturated heterocycles. The summed E-state index contributed by atoms with van der Waals surface area (Å²) in [6.07, 6.45) is 1.29. The van der Waals surface area contributed by atoms with Gasteiger partial charge < -0.3 is 9.53 Å². The zero-order valence-corrected chi connectivity index (χ0v) is 9.80. The molecular weight excluding hydrogens is 212 g/mol. The molecule has 0 spiro atoms. The predicted octanol–water partition coefficient (Wildman–Crippen LogP) is 3.40. The summed E-state index contributed by atoms with van der Waals surface area (Å²) < 4.78 is 5.48. The SMILES string of the molecule is CC(=O)CCCOc1cc(C)ccc1Cl. The van der Waals surface area contributed by atoms with Gasteiger partial charge in [-0.25, -0.2) is 0 Å². The van der Waals surface area contributed by atoms with Gasteiger partial charge in [0.25, 0.3) is 0 Å². The van der Waals surface area contributed by atoms with Crippen LogP contribution in [0.3, 0.4) is 0 Å². The molecule has 15 heavy (non-hydrogen) atoms. The molecule has 0 radical (unpaired) electrons. The molecular formula is C12H15ClO2. The molecule has 0 aliphatic heterocycles. The summed E-state index contributed by atoms with van der Waals surface area (Å²) in [5.74, 6) is 0.883. The first-order chi connectivity index (χ1) is 7.09. The standard InChI is InChI=1S/C12H15ClO2/c1-9-5-6-11(13)12(8-9)15-7-3-4-10(2)14/h5-6,8H,3-4,7H2,1-2H3. The Labute approximate surface area is 95.2 Å². The van der Waals surface area contributed by atoms with Crippen LogP contribution >= 0.6 is 11.6 Å². The summed E-state index contributed by atoms with van der Waals surface area (Å²) >= 11 is 5.95. The largest absolute Gasteiger partial charge is 0.492 e. The Bertz CT molecular complexity index is 347. The fraction of sp³-hybridized carbons (Fsp3) is 0.417. The van der Waals surface area contributed by atoms with Crippen molar-refractivity contribution < 1.29 is 9.53 Å². The van der Waals surface area contributed by atoms with Crippen LogP contribution in [0, 0.1) is 6.92 Å². The number of hydrogen-bond donors (Lipinski definition) is 0. The van der Waals surface area contributed by atoms with Crippen molar-refractivity contribution in [2.75, 3.05) is 6.61 Å². The van der Waals surface area contributed by atoms with Crippen LogP contribution in [0.2, 0.25) is 5.02 Å². The molecule has 1 aromatic carbocycles. The monoisotopic (exact) mass is 226 g/mol. The summed E-state index contributed by atoms with van der Waals surface area (Å²) in [6.45, 7) is 4.10. The number of carbonyl (C=O) groups is 1. The predicted molar refractivity (Wildman–Crippen MR) is 61.6 cm³/mol. The van der Waals surface area contributed by atoms with E-state index in [4.69, 9.17) is 16.3 Å². The topological polar surface area (TPSA) is 26.3 Å². The maximum absolute atomic E-state index is 10.7. The summed E-state index contributed by atoms with van der Waals surface area (Å²) in [5, 5.41) is 0.614. The molecule has 0 heterocycles. The number of hydrogen-bond acceptors (Lipinski definition) is 2. The van der Waals surface area contributed by atoms with E-state index in [2.05, 4.69) is 0 Å². The molecule has 0 fully saturated rings. The number of carbonyl (C=O) groups excluding carboxylic acids is 1.